The van der Waals surface area contributed by atoms with Crippen LogP contribution in [0.25, 0.3) is 5.70 Å². The van der Waals surface area contributed by atoms with E-state index in [2.05, 4.69) is 76.9 Å². The van der Waals surface area contributed by atoms with Crippen LogP contribution in [0.4, 0.5) is 5.95 Å². The van der Waals surface area contributed by atoms with Crippen molar-refractivity contribution >= 4 is 23.4 Å². The predicted octanol–water partition coefficient (Wildman–Crippen LogP) is 4.36. The van der Waals surface area contributed by atoms with Crippen molar-refractivity contribution in [3.63, 3.8) is 0 Å². The Morgan fingerprint density at radius 1 is 1.04 bits per heavy atom. The minimum Gasteiger partial charge on any atom is -0.324 e. The first-order valence-electron chi connectivity index (χ1n) is 7.86. The van der Waals surface area contributed by atoms with E-state index in [1.54, 1.807) is 11.8 Å². The number of aryl methyl sites for hydroxylation is 1. The van der Waals surface area contributed by atoms with Crippen molar-refractivity contribution in [2.75, 3.05) is 11.6 Å². The summed E-state index contributed by atoms with van der Waals surface area (Å²) in [7, 11) is 0. The van der Waals surface area contributed by atoms with Gasteiger partial charge < -0.3 is 5.32 Å². The summed E-state index contributed by atoms with van der Waals surface area (Å²) in [4.78, 5) is 4.60. The highest BCUT2D eigenvalue weighted by Crippen LogP contribution is 2.33. The SMILES string of the molecule is CSc1nc2n(n1)C(c1ccccc1)C=C(c1ccc(C)cc1)N2. The van der Waals surface area contributed by atoms with Gasteiger partial charge in [0.2, 0.25) is 11.1 Å². The minimum atomic E-state index is 0.0344. The summed E-state index contributed by atoms with van der Waals surface area (Å²) in [5, 5.41) is 8.83. The summed E-state index contributed by atoms with van der Waals surface area (Å²) in [6, 6.07) is 19.0. The number of hydrogen-bond acceptors (Lipinski definition) is 4. The largest absolute Gasteiger partial charge is 0.324 e. The van der Waals surface area contributed by atoms with Gasteiger partial charge in [0.05, 0.1) is 0 Å². The smallest absolute Gasteiger partial charge is 0.227 e. The van der Waals surface area contributed by atoms with Crippen molar-refractivity contribution < 1.29 is 0 Å². The van der Waals surface area contributed by atoms with E-state index < -0.39 is 0 Å². The molecule has 1 aliphatic rings. The van der Waals surface area contributed by atoms with Crippen molar-refractivity contribution in [2.45, 2.75) is 18.1 Å². The molecule has 1 unspecified atom stereocenters. The zero-order valence-corrected chi connectivity index (χ0v) is 14.4. The molecule has 3 aromatic rings. The van der Waals surface area contributed by atoms with Crippen LogP contribution in [-0.4, -0.2) is 21.0 Å². The molecule has 2 aromatic carbocycles. The van der Waals surface area contributed by atoms with Crippen LogP contribution in [0, 0.1) is 6.92 Å². The number of rotatable bonds is 3. The molecule has 0 amide bonds. The monoisotopic (exact) mass is 334 g/mol. The number of thioether (sulfide) groups is 1. The van der Waals surface area contributed by atoms with Gasteiger partial charge >= 0.3 is 0 Å². The van der Waals surface area contributed by atoms with Gasteiger partial charge in [0.15, 0.2) is 0 Å². The van der Waals surface area contributed by atoms with E-state index in [9.17, 15) is 0 Å². The van der Waals surface area contributed by atoms with Crippen LogP contribution >= 0.6 is 11.8 Å². The zero-order chi connectivity index (χ0) is 16.5. The highest BCUT2D eigenvalue weighted by molar-refractivity contribution is 7.98. The summed E-state index contributed by atoms with van der Waals surface area (Å²) >= 11 is 1.55. The van der Waals surface area contributed by atoms with Crippen LogP contribution in [0.1, 0.15) is 22.7 Å². The Kier molecular flexibility index (Phi) is 3.86. The third-order valence-corrected chi connectivity index (χ3v) is 4.67. The first-order valence-corrected chi connectivity index (χ1v) is 9.08. The summed E-state index contributed by atoms with van der Waals surface area (Å²) in [5.41, 5.74) is 4.67. The quantitative estimate of drug-likeness (QED) is 0.723. The van der Waals surface area contributed by atoms with Crippen LogP contribution in [0.3, 0.4) is 0 Å². The van der Waals surface area contributed by atoms with Crippen molar-refractivity contribution in [1.82, 2.24) is 14.8 Å². The van der Waals surface area contributed by atoms with Crippen molar-refractivity contribution in [2.24, 2.45) is 0 Å². The molecule has 0 bridgehead atoms. The van der Waals surface area contributed by atoms with Crippen molar-refractivity contribution in [3.8, 4) is 0 Å². The van der Waals surface area contributed by atoms with Crippen LogP contribution in [0.5, 0.6) is 0 Å². The van der Waals surface area contributed by atoms with Gasteiger partial charge in [-0.05, 0) is 30.4 Å². The van der Waals surface area contributed by atoms with E-state index in [4.69, 9.17) is 0 Å². The fraction of sp³-hybridized carbons (Fsp3) is 0.158. The molecule has 2 heterocycles. The summed E-state index contributed by atoms with van der Waals surface area (Å²) in [5.74, 6) is 0.784. The van der Waals surface area contributed by atoms with Gasteiger partial charge in [0.25, 0.3) is 0 Å². The summed E-state index contributed by atoms with van der Waals surface area (Å²) in [6.07, 6.45) is 4.21. The zero-order valence-electron chi connectivity index (χ0n) is 13.6. The maximum Gasteiger partial charge on any atom is 0.227 e. The molecule has 24 heavy (non-hydrogen) atoms. The number of hydrogen-bond donors (Lipinski definition) is 1. The second-order valence-corrected chi connectivity index (χ2v) is 6.57. The molecular formula is C19H18N4S. The molecule has 4 nitrogen and oxygen atoms in total. The second-order valence-electron chi connectivity index (χ2n) is 5.79. The molecule has 0 spiro atoms. The summed E-state index contributed by atoms with van der Waals surface area (Å²) < 4.78 is 1.96. The van der Waals surface area contributed by atoms with E-state index in [-0.39, 0.29) is 6.04 Å². The number of aromatic nitrogens is 3. The molecule has 120 valence electrons. The van der Waals surface area contributed by atoms with Crippen LogP contribution < -0.4 is 5.32 Å². The molecule has 0 saturated carbocycles. The average Bonchev–Trinajstić information content (AvgIpc) is 3.05. The molecule has 0 aliphatic carbocycles. The molecular weight excluding hydrogens is 316 g/mol. The highest BCUT2D eigenvalue weighted by Gasteiger charge is 2.24. The first-order chi connectivity index (χ1) is 11.7. The Hall–Kier alpha value is -2.53. The number of anilines is 1. The maximum absolute atomic E-state index is 4.63. The molecule has 1 aliphatic heterocycles. The fourth-order valence-corrected chi connectivity index (χ4v) is 3.20. The lowest BCUT2D eigenvalue weighted by atomic mass is 10.0. The Labute approximate surface area is 145 Å². The fourth-order valence-electron chi connectivity index (χ4n) is 2.85. The van der Waals surface area contributed by atoms with E-state index in [1.165, 1.54) is 11.1 Å². The number of nitrogens with one attached hydrogen (secondary N) is 1. The molecule has 1 atom stereocenters. The third kappa shape index (κ3) is 2.71. The summed E-state index contributed by atoms with van der Waals surface area (Å²) in [6.45, 7) is 2.10. The van der Waals surface area contributed by atoms with Crippen LogP contribution in [-0.2, 0) is 0 Å². The van der Waals surface area contributed by atoms with E-state index in [0.29, 0.717) is 0 Å². The Morgan fingerprint density at radius 2 is 1.79 bits per heavy atom. The maximum atomic E-state index is 4.63. The van der Waals surface area contributed by atoms with E-state index in [1.807, 2.05) is 17.0 Å². The van der Waals surface area contributed by atoms with Crippen molar-refractivity contribution in [1.29, 1.82) is 0 Å². The second kappa shape index (κ2) is 6.17. The number of nitrogens with zero attached hydrogens (tertiary/aromatic N) is 3. The lowest BCUT2D eigenvalue weighted by molar-refractivity contribution is 0.598. The molecule has 1 aromatic heterocycles. The number of fused-ring (bicyclic) bond motifs is 1. The van der Waals surface area contributed by atoms with Gasteiger partial charge in [-0.25, -0.2) is 4.68 Å². The molecule has 0 saturated heterocycles. The van der Waals surface area contributed by atoms with Gasteiger partial charge in [0.1, 0.15) is 6.04 Å². The number of allylic oxidation sites excluding steroid dienone is 1. The lowest BCUT2D eigenvalue weighted by Crippen LogP contribution is -2.20. The molecule has 5 heteroatoms. The van der Waals surface area contributed by atoms with Crippen LogP contribution in [0.15, 0.2) is 65.8 Å². The van der Waals surface area contributed by atoms with E-state index >= 15 is 0 Å². The molecule has 0 radical (unpaired) electrons. The normalized spacial score (nSPS) is 16.2. The standard InChI is InChI=1S/C19H18N4S/c1-13-8-10-14(11-9-13)16-12-17(15-6-4-3-5-7-15)23-18(20-16)21-19(22-23)24-2/h3-12,17H,1-2H3,(H,20,21,22). The Bertz CT molecular complexity index is 881. The van der Waals surface area contributed by atoms with Crippen molar-refractivity contribution in [3.05, 3.63) is 77.4 Å². The van der Waals surface area contributed by atoms with Gasteiger partial charge in [-0.3, -0.25) is 0 Å². The number of benzene rings is 2. The van der Waals surface area contributed by atoms with E-state index in [0.717, 1.165) is 22.4 Å². The first kappa shape index (κ1) is 15.0. The Morgan fingerprint density at radius 3 is 2.50 bits per heavy atom. The minimum absolute atomic E-state index is 0.0344. The molecule has 0 fully saturated rings. The van der Waals surface area contributed by atoms with Gasteiger partial charge in [-0.15, -0.1) is 5.10 Å². The third-order valence-electron chi connectivity index (χ3n) is 4.13. The average molecular weight is 334 g/mol. The predicted molar refractivity (Wildman–Crippen MR) is 99.2 cm³/mol. The topological polar surface area (TPSA) is 42.7 Å². The lowest BCUT2D eigenvalue weighted by Gasteiger charge is -2.24. The molecule has 4 rings (SSSR count). The highest BCUT2D eigenvalue weighted by atomic mass is 32.2. The van der Waals surface area contributed by atoms with Gasteiger partial charge in [-0.2, -0.15) is 4.98 Å². The van der Waals surface area contributed by atoms with Gasteiger partial charge in [0, 0.05) is 5.70 Å². The van der Waals surface area contributed by atoms with Gasteiger partial charge in [-0.1, -0.05) is 71.9 Å². The van der Waals surface area contributed by atoms with Crippen LogP contribution in [0.2, 0.25) is 0 Å². The Balaban J connectivity index is 1.82. The molecule has 1 N–H and O–H groups in total.